The molecule has 0 saturated carbocycles. The molecule has 0 bridgehead atoms. The number of H-pyrrole nitrogens is 1. The fourth-order valence-corrected chi connectivity index (χ4v) is 3.57. The Morgan fingerprint density at radius 2 is 1.92 bits per heavy atom. The largest absolute Gasteiger partial charge is 0.573 e. The SMILES string of the molecule is [2H]C([2H])([2H])Oc1ncc(-c2ccc3c(C(=O)NC)n[nH]c3c2)cc1C(=O)NC(c1cc(OC(F)(F)F)ccc1F)C([2H])([2H])[2H]. The zero-order valence-electron chi connectivity index (χ0n) is 25.2. The van der Waals surface area contributed by atoms with Crippen LogP contribution < -0.4 is 20.1 Å². The normalized spacial score (nSPS) is 15.2. The number of aromatic amines is 1. The monoisotopic (exact) mass is 537 g/mol. The standard InChI is InChI=1S/C25H21F4N5O4/c1-12(17-10-15(5-7-19(17)26)38-25(27,28)29)32-22(35)18-8-14(11-31-24(18)37-3)13-4-6-16-20(9-13)33-34-21(16)23(36)30-2/h4-12H,1-3H3,(H,30,36)(H,32,35)(H,33,34)/i1D3,3D3. The van der Waals surface area contributed by atoms with E-state index < -0.39 is 66.7 Å². The number of methoxy groups -OCH3 is 1. The van der Waals surface area contributed by atoms with E-state index in [1.807, 2.05) is 5.32 Å². The molecule has 9 nitrogen and oxygen atoms in total. The van der Waals surface area contributed by atoms with Gasteiger partial charge in [0.15, 0.2) is 5.69 Å². The number of amides is 2. The quantitative estimate of drug-likeness (QED) is 0.299. The molecule has 4 rings (SSSR count). The van der Waals surface area contributed by atoms with Gasteiger partial charge in [0.1, 0.15) is 17.1 Å². The van der Waals surface area contributed by atoms with Gasteiger partial charge in [-0.15, -0.1) is 13.2 Å². The number of hydrogen-bond donors (Lipinski definition) is 3. The third kappa shape index (κ3) is 5.51. The summed E-state index contributed by atoms with van der Waals surface area (Å²) in [5.41, 5.74) is -0.341. The molecule has 0 aliphatic carbocycles. The lowest BCUT2D eigenvalue weighted by Crippen LogP contribution is -2.28. The van der Waals surface area contributed by atoms with E-state index in [0.717, 1.165) is 12.3 Å². The molecule has 0 radical (unpaired) electrons. The number of benzene rings is 2. The summed E-state index contributed by atoms with van der Waals surface area (Å²) in [5.74, 6) is -4.70. The van der Waals surface area contributed by atoms with Crippen molar-refractivity contribution < 1.29 is 44.8 Å². The number of pyridine rings is 1. The van der Waals surface area contributed by atoms with E-state index >= 15 is 0 Å². The highest BCUT2D eigenvalue weighted by Crippen LogP contribution is 2.30. The molecule has 0 aliphatic heterocycles. The number of aromatic nitrogens is 3. The molecule has 38 heavy (non-hydrogen) atoms. The first-order chi connectivity index (χ1) is 20.4. The third-order valence-electron chi connectivity index (χ3n) is 5.32. The van der Waals surface area contributed by atoms with Gasteiger partial charge in [0.2, 0.25) is 5.88 Å². The number of nitrogens with zero attached hydrogens (tertiary/aromatic N) is 2. The molecule has 2 aromatic carbocycles. The van der Waals surface area contributed by atoms with Gasteiger partial charge in [0.25, 0.3) is 11.8 Å². The van der Waals surface area contributed by atoms with E-state index in [-0.39, 0.29) is 11.3 Å². The summed E-state index contributed by atoms with van der Waals surface area (Å²) in [7, 11) is -1.68. The molecule has 3 N–H and O–H groups in total. The fourth-order valence-electron chi connectivity index (χ4n) is 3.57. The van der Waals surface area contributed by atoms with E-state index in [2.05, 4.69) is 25.2 Å². The van der Waals surface area contributed by atoms with E-state index in [1.165, 1.54) is 7.05 Å². The Kier molecular flexibility index (Phi) is 5.30. The van der Waals surface area contributed by atoms with Crippen molar-refractivity contribution in [2.24, 2.45) is 0 Å². The van der Waals surface area contributed by atoms with Crippen LogP contribution in [0.15, 0.2) is 48.7 Å². The summed E-state index contributed by atoms with van der Waals surface area (Å²) in [4.78, 5) is 29.4. The van der Waals surface area contributed by atoms with Crippen LogP contribution in [0.3, 0.4) is 0 Å². The summed E-state index contributed by atoms with van der Waals surface area (Å²) < 4.78 is 107. The van der Waals surface area contributed by atoms with Gasteiger partial charge >= 0.3 is 6.36 Å². The Balaban J connectivity index is 1.77. The van der Waals surface area contributed by atoms with Crippen molar-refractivity contribution in [2.75, 3.05) is 14.1 Å². The molecular weight excluding hydrogens is 510 g/mol. The van der Waals surface area contributed by atoms with Gasteiger partial charge in [-0.05, 0) is 48.8 Å². The highest BCUT2D eigenvalue weighted by atomic mass is 19.4. The van der Waals surface area contributed by atoms with Gasteiger partial charge in [-0.2, -0.15) is 5.10 Å². The molecule has 198 valence electrons. The number of hydrogen-bond acceptors (Lipinski definition) is 6. The van der Waals surface area contributed by atoms with Crippen LogP contribution in [0.5, 0.6) is 11.6 Å². The summed E-state index contributed by atoms with van der Waals surface area (Å²) in [6.45, 7) is -3.21. The van der Waals surface area contributed by atoms with Gasteiger partial charge in [-0.3, -0.25) is 14.7 Å². The molecule has 0 spiro atoms. The number of carbonyl (C=O) groups excluding carboxylic acids is 2. The van der Waals surface area contributed by atoms with Crippen molar-refractivity contribution in [3.8, 4) is 22.8 Å². The Morgan fingerprint density at radius 3 is 2.63 bits per heavy atom. The van der Waals surface area contributed by atoms with Crippen LogP contribution in [0.4, 0.5) is 17.6 Å². The molecule has 0 aliphatic rings. The van der Waals surface area contributed by atoms with Crippen molar-refractivity contribution >= 4 is 22.7 Å². The van der Waals surface area contributed by atoms with Gasteiger partial charge in [-0.1, -0.05) is 6.07 Å². The zero-order valence-corrected chi connectivity index (χ0v) is 19.2. The number of alkyl halides is 3. The maximum Gasteiger partial charge on any atom is 0.573 e. The van der Waals surface area contributed by atoms with Gasteiger partial charge in [0, 0.05) is 33.9 Å². The molecule has 4 aromatic rings. The number of ether oxygens (including phenoxy) is 2. The highest BCUT2D eigenvalue weighted by molar-refractivity contribution is 6.05. The van der Waals surface area contributed by atoms with Gasteiger partial charge < -0.3 is 20.1 Å². The fraction of sp³-hybridized carbons (Fsp3) is 0.200. The Morgan fingerprint density at radius 1 is 1.11 bits per heavy atom. The lowest BCUT2D eigenvalue weighted by molar-refractivity contribution is -0.274. The zero-order chi connectivity index (χ0) is 32.6. The van der Waals surface area contributed by atoms with Crippen LogP contribution in [0.1, 0.15) is 47.5 Å². The number of nitrogens with one attached hydrogen (secondary N) is 3. The third-order valence-corrected chi connectivity index (χ3v) is 5.32. The van der Waals surface area contributed by atoms with E-state index in [4.69, 9.17) is 13.0 Å². The van der Waals surface area contributed by atoms with E-state index in [9.17, 15) is 27.2 Å². The average Bonchev–Trinajstić information content (AvgIpc) is 3.33. The first-order valence-corrected chi connectivity index (χ1v) is 10.6. The molecule has 0 saturated heterocycles. The van der Waals surface area contributed by atoms with Crippen LogP contribution in [-0.4, -0.2) is 47.4 Å². The van der Waals surface area contributed by atoms with Crippen molar-refractivity contribution in [3.05, 3.63) is 71.3 Å². The van der Waals surface area contributed by atoms with Crippen LogP contribution in [-0.2, 0) is 0 Å². The lowest BCUT2D eigenvalue weighted by atomic mass is 10.0. The van der Waals surface area contributed by atoms with Crippen LogP contribution in [0.25, 0.3) is 22.0 Å². The number of rotatable bonds is 7. The molecular formula is C25H21F4N5O4. The highest BCUT2D eigenvalue weighted by Gasteiger charge is 2.31. The molecule has 0 fully saturated rings. The minimum absolute atomic E-state index is 0.112. The topological polar surface area (TPSA) is 118 Å². The predicted octanol–water partition coefficient (Wildman–Crippen LogP) is 4.52. The number of carbonyl (C=O) groups is 2. The van der Waals surface area contributed by atoms with Gasteiger partial charge in [0.05, 0.1) is 22.7 Å². The number of fused-ring (bicyclic) bond motifs is 1. The average molecular weight is 538 g/mol. The van der Waals surface area contributed by atoms with E-state index in [0.29, 0.717) is 34.7 Å². The second-order valence-electron chi connectivity index (χ2n) is 7.73. The Labute approximate surface area is 221 Å². The van der Waals surface area contributed by atoms with Crippen molar-refractivity contribution in [1.82, 2.24) is 25.8 Å². The van der Waals surface area contributed by atoms with Crippen LogP contribution in [0.2, 0.25) is 0 Å². The molecule has 1 unspecified atom stereocenters. The van der Waals surface area contributed by atoms with E-state index in [1.54, 1.807) is 18.2 Å². The van der Waals surface area contributed by atoms with Gasteiger partial charge in [-0.25, -0.2) is 9.37 Å². The molecule has 2 amide bonds. The second kappa shape index (κ2) is 10.4. The maximum absolute atomic E-state index is 14.7. The van der Waals surface area contributed by atoms with Crippen molar-refractivity contribution in [3.63, 3.8) is 0 Å². The van der Waals surface area contributed by atoms with Crippen LogP contribution >= 0.6 is 0 Å². The molecule has 1 atom stereocenters. The smallest absolute Gasteiger partial charge is 0.480 e. The summed E-state index contributed by atoms with van der Waals surface area (Å²) >= 11 is 0. The second-order valence-corrected chi connectivity index (χ2v) is 7.73. The Bertz CT molecular complexity index is 1730. The summed E-state index contributed by atoms with van der Waals surface area (Å²) in [5, 5.41) is 11.6. The minimum atomic E-state index is -5.18. The first kappa shape index (κ1) is 19.4. The van der Waals surface area contributed by atoms with Crippen molar-refractivity contribution in [1.29, 1.82) is 0 Å². The first-order valence-electron chi connectivity index (χ1n) is 13.6. The molecule has 13 heteroatoms. The lowest BCUT2D eigenvalue weighted by Gasteiger charge is -2.18. The summed E-state index contributed by atoms with van der Waals surface area (Å²) in [6.07, 6.45) is -4.02. The maximum atomic E-state index is 14.7. The molecule has 2 aromatic heterocycles. The summed E-state index contributed by atoms with van der Waals surface area (Å²) in [6, 6.07) is 5.17. The predicted molar refractivity (Wildman–Crippen MR) is 128 cm³/mol. The Hall–Kier alpha value is -4.68. The minimum Gasteiger partial charge on any atom is -0.480 e. The van der Waals surface area contributed by atoms with Crippen LogP contribution in [0, 0.1) is 5.82 Å². The molecule has 2 heterocycles. The van der Waals surface area contributed by atoms with Crippen molar-refractivity contribution in [2.45, 2.75) is 19.3 Å². The number of halogens is 4.